The molecule has 3 aromatic rings. The maximum Gasteiger partial charge on any atom is 0.298 e. The van der Waals surface area contributed by atoms with Crippen LogP contribution in [0.25, 0.3) is 11.1 Å². The van der Waals surface area contributed by atoms with E-state index in [0.29, 0.717) is 43.5 Å². The van der Waals surface area contributed by atoms with Gasteiger partial charge >= 0.3 is 0 Å². The summed E-state index contributed by atoms with van der Waals surface area (Å²) >= 11 is 0. The molecule has 0 aliphatic carbocycles. The summed E-state index contributed by atoms with van der Waals surface area (Å²) in [6.45, 7) is 3.44. The number of rotatable bonds is 5. The number of nitrogens with zero attached hydrogens (tertiary/aromatic N) is 4. The van der Waals surface area contributed by atoms with Gasteiger partial charge < -0.3 is 19.4 Å². The number of hydrogen-bond donors (Lipinski definition) is 1. The molecule has 0 saturated carbocycles. The monoisotopic (exact) mass is 341 g/mol. The van der Waals surface area contributed by atoms with Crippen molar-refractivity contribution in [3.63, 3.8) is 0 Å². The molecule has 3 heterocycles. The summed E-state index contributed by atoms with van der Waals surface area (Å²) in [5.41, 5.74) is 2.13. The average Bonchev–Trinajstić information content (AvgIpc) is 3.30. The van der Waals surface area contributed by atoms with E-state index in [4.69, 9.17) is 9.15 Å². The maximum atomic E-state index is 12.1. The van der Waals surface area contributed by atoms with Gasteiger partial charge in [-0.1, -0.05) is 0 Å². The number of ether oxygens (including phenoxy) is 1. The van der Waals surface area contributed by atoms with Crippen LogP contribution in [0.2, 0.25) is 0 Å². The van der Waals surface area contributed by atoms with Crippen molar-refractivity contribution in [2.45, 2.75) is 13.0 Å². The van der Waals surface area contributed by atoms with Crippen molar-refractivity contribution in [3.05, 3.63) is 36.7 Å². The number of amides is 1. The summed E-state index contributed by atoms with van der Waals surface area (Å²) in [6.07, 6.45) is 3.89. The van der Waals surface area contributed by atoms with Gasteiger partial charge in [-0.25, -0.2) is 0 Å². The van der Waals surface area contributed by atoms with E-state index in [9.17, 15) is 4.79 Å². The average molecular weight is 341 g/mol. The molecule has 8 heteroatoms. The summed E-state index contributed by atoms with van der Waals surface area (Å²) < 4.78 is 12.9. The molecule has 0 spiro atoms. The van der Waals surface area contributed by atoms with E-state index in [1.807, 2.05) is 24.4 Å². The first kappa shape index (κ1) is 15.6. The zero-order valence-corrected chi connectivity index (χ0v) is 13.7. The Morgan fingerprint density at radius 1 is 1.28 bits per heavy atom. The van der Waals surface area contributed by atoms with Crippen LogP contribution in [0.5, 0.6) is 0 Å². The Kier molecular flexibility index (Phi) is 4.34. The third kappa shape index (κ3) is 3.63. The molecule has 1 aromatic carbocycles. The van der Waals surface area contributed by atoms with Crippen molar-refractivity contribution < 1.29 is 13.9 Å². The molecule has 1 N–H and O–H groups in total. The first-order valence-corrected chi connectivity index (χ1v) is 8.28. The molecular weight excluding hydrogens is 322 g/mol. The maximum absolute atomic E-state index is 12.1. The van der Waals surface area contributed by atoms with Gasteiger partial charge in [0, 0.05) is 50.2 Å². The summed E-state index contributed by atoms with van der Waals surface area (Å²) in [4.78, 5) is 18.6. The Labute approximate surface area is 144 Å². The normalized spacial score (nSPS) is 14.8. The van der Waals surface area contributed by atoms with Crippen LogP contribution in [0.1, 0.15) is 6.42 Å². The number of carbonyl (C=O) groups is 1. The second-order valence-electron chi connectivity index (χ2n) is 5.85. The molecule has 1 amide bonds. The largest absolute Gasteiger partial charge is 0.423 e. The van der Waals surface area contributed by atoms with Gasteiger partial charge in [-0.15, -0.1) is 0 Å². The third-order valence-corrected chi connectivity index (χ3v) is 4.07. The van der Waals surface area contributed by atoms with Crippen molar-refractivity contribution in [3.8, 4) is 0 Å². The minimum absolute atomic E-state index is 0.0669. The number of aryl methyl sites for hydroxylation is 1. The van der Waals surface area contributed by atoms with E-state index in [1.54, 1.807) is 16.9 Å². The minimum atomic E-state index is -0.0669. The molecular formula is C17H19N5O3. The van der Waals surface area contributed by atoms with Gasteiger partial charge in [0.05, 0.1) is 13.2 Å². The smallest absolute Gasteiger partial charge is 0.298 e. The van der Waals surface area contributed by atoms with E-state index in [0.717, 1.165) is 18.6 Å². The third-order valence-electron chi connectivity index (χ3n) is 4.07. The van der Waals surface area contributed by atoms with E-state index >= 15 is 0 Å². The van der Waals surface area contributed by atoms with Gasteiger partial charge in [0.1, 0.15) is 5.52 Å². The SMILES string of the molecule is O=C(CCn1cccn1)Nc1ccc2nc(N3CCOCC3)oc2c1. The van der Waals surface area contributed by atoms with Crippen LogP contribution < -0.4 is 10.2 Å². The molecule has 8 nitrogen and oxygen atoms in total. The number of hydrogen-bond acceptors (Lipinski definition) is 6. The van der Waals surface area contributed by atoms with Gasteiger partial charge in [0.25, 0.3) is 6.01 Å². The molecule has 0 radical (unpaired) electrons. The van der Waals surface area contributed by atoms with Crippen LogP contribution in [-0.4, -0.2) is 47.0 Å². The number of nitrogens with one attached hydrogen (secondary N) is 1. The van der Waals surface area contributed by atoms with Crippen LogP contribution in [-0.2, 0) is 16.1 Å². The molecule has 4 rings (SSSR count). The Balaban J connectivity index is 1.42. The number of anilines is 2. The number of benzene rings is 1. The van der Waals surface area contributed by atoms with E-state index in [2.05, 4.69) is 20.3 Å². The lowest BCUT2D eigenvalue weighted by atomic mass is 10.2. The predicted molar refractivity (Wildman–Crippen MR) is 92.5 cm³/mol. The first-order chi connectivity index (χ1) is 12.3. The zero-order valence-electron chi connectivity index (χ0n) is 13.7. The molecule has 1 saturated heterocycles. The lowest BCUT2D eigenvalue weighted by molar-refractivity contribution is -0.116. The number of carbonyl (C=O) groups excluding carboxylic acids is 1. The highest BCUT2D eigenvalue weighted by molar-refractivity contribution is 5.92. The van der Waals surface area contributed by atoms with Crippen molar-refractivity contribution >= 4 is 28.7 Å². The topological polar surface area (TPSA) is 85.4 Å². The number of aromatic nitrogens is 3. The standard InChI is InChI=1S/C17H19N5O3/c23-16(4-7-22-6-1-5-18-22)19-13-2-3-14-15(12-13)25-17(20-14)21-8-10-24-11-9-21/h1-3,5-6,12H,4,7-11H2,(H,19,23). The highest BCUT2D eigenvalue weighted by Crippen LogP contribution is 2.25. The molecule has 0 bridgehead atoms. The summed E-state index contributed by atoms with van der Waals surface area (Å²) in [6, 6.07) is 7.92. The van der Waals surface area contributed by atoms with Gasteiger partial charge in [-0.05, 0) is 18.2 Å². The highest BCUT2D eigenvalue weighted by atomic mass is 16.5. The number of oxazole rings is 1. The van der Waals surface area contributed by atoms with Gasteiger partial charge in [0.2, 0.25) is 5.91 Å². The van der Waals surface area contributed by atoms with Crippen molar-refractivity contribution in [1.82, 2.24) is 14.8 Å². The quantitative estimate of drug-likeness (QED) is 0.763. The van der Waals surface area contributed by atoms with Crippen LogP contribution in [0.4, 0.5) is 11.7 Å². The molecule has 0 unspecified atom stereocenters. The first-order valence-electron chi connectivity index (χ1n) is 8.28. The lowest BCUT2D eigenvalue weighted by Gasteiger charge is -2.24. The van der Waals surface area contributed by atoms with Gasteiger partial charge in [-0.2, -0.15) is 10.1 Å². The van der Waals surface area contributed by atoms with Gasteiger partial charge in [0.15, 0.2) is 5.58 Å². The lowest BCUT2D eigenvalue weighted by Crippen LogP contribution is -2.36. The molecule has 130 valence electrons. The number of morpholine rings is 1. The summed E-state index contributed by atoms with van der Waals surface area (Å²) in [5.74, 6) is -0.0669. The number of fused-ring (bicyclic) bond motifs is 1. The Morgan fingerprint density at radius 3 is 2.96 bits per heavy atom. The molecule has 1 aliphatic heterocycles. The minimum Gasteiger partial charge on any atom is -0.423 e. The molecule has 0 atom stereocenters. The second-order valence-corrected chi connectivity index (χ2v) is 5.85. The Morgan fingerprint density at radius 2 is 2.16 bits per heavy atom. The molecule has 1 fully saturated rings. The Bertz CT molecular complexity index is 852. The Hall–Kier alpha value is -2.87. The highest BCUT2D eigenvalue weighted by Gasteiger charge is 2.17. The van der Waals surface area contributed by atoms with Crippen LogP contribution in [0.15, 0.2) is 41.1 Å². The summed E-state index contributed by atoms with van der Waals surface area (Å²) in [7, 11) is 0. The fourth-order valence-corrected chi connectivity index (χ4v) is 2.75. The second kappa shape index (κ2) is 6.94. The van der Waals surface area contributed by atoms with E-state index in [1.165, 1.54) is 0 Å². The molecule has 2 aromatic heterocycles. The van der Waals surface area contributed by atoms with E-state index in [-0.39, 0.29) is 5.91 Å². The predicted octanol–water partition coefficient (Wildman–Crippen LogP) is 1.89. The van der Waals surface area contributed by atoms with Crippen molar-refractivity contribution in [2.75, 3.05) is 36.5 Å². The van der Waals surface area contributed by atoms with Crippen LogP contribution in [0.3, 0.4) is 0 Å². The fourth-order valence-electron chi connectivity index (χ4n) is 2.75. The van der Waals surface area contributed by atoms with Crippen molar-refractivity contribution in [2.24, 2.45) is 0 Å². The van der Waals surface area contributed by atoms with Gasteiger partial charge in [-0.3, -0.25) is 9.48 Å². The fraction of sp³-hybridized carbons (Fsp3) is 0.353. The van der Waals surface area contributed by atoms with Crippen molar-refractivity contribution in [1.29, 1.82) is 0 Å². The van der Waals surface area contributed by atoms with Crippen LogP contribution >= 0.6 is 0 Å². The van der Waals surface area contributed by atoms with Crippen LogP contribution in [0, 0.1) is 0 Å². The molecule has 25 heavy (non-hydrogen) atoms. The summed E-state index contributed by atoms with van der Waals surface area (Å²) in [5, 5.41) is 6.97. The zero-order chi connectivity index (χ0) is 17.1. The molecule has 1 aliphatic rings. The van der Waals surface area contributed by atoms with E-state index < -0.39 is 0 Å².